The van der Waals surface area contributed by atoms with Crippen LogP contribution in [-0.4, -0.2) is 46.4 Å². The number of hydrogen-bond donors (Lipinski definition) is 1. The highest BCUT2D eigenvalue weighted by Gasteiger charge is 2.42. The molecule has 4 rings (SSSR count). The van der Waals surface area contributed by atoms with Crippen molar-refractivity contribution in [2.24, 2.45) is 5.41 Å². The van der Waals surface area contributed by atoms with E-state index in [2.05, 4.69) is 10.3 Å². The summed E-state index contributed by atoms with van der Waals surface area (Å²) in [6.07, 6.45) is 7.83. The topological polar surface area (TPSA) is 49.6 Å². The van der Waals surface area contributed by atoms with Crippen LogP contribution in [0.2, 0.25) is 0 Å². The van der Waals surface area contributed by atoms with Gasteiger partial charge in [0, 0.05) is 43.6 Å². The number of carbonyl (C=O) groups is 1. The van der Waals surface area contributed by atoms with Crippen molar-refractivity contribution < 1.29 is 4.79 Å². The van der Waals surface area contributed by atoms with Gasteiger partial charge in [0.1, 0.15) is 5.65 Å². The first kappa shape index (κ1) is 11.9. The molecule has 0 aliphatic carbocycles. The van der Waals surface area contributed by atoms with Gasteiger partial charge in [-0.05, 0) is 31.5 Å². The minimum atomic E-state index is 0.116. The number of hydrogen-bond acceptors (Lipinski definition) is 3. The molecule has 5 nitrogen and oxygen atoms in total. The molecule has 1 amide bonds. The van der Waals surface area contributed by atoms with Crippen molar-refractivity contribution in [3.63, 3.8) is 0 Å². The second-order valence-corrected chi connectivity index (χ2v) is 5.98. The van der Waals surface area contributed by atoms with Crippen molar-refractivity contribution in [2.75, 3.05) is 26.2 Å². The van der Waals surface area contributed by atoms with Crippen LogP contribution in [0.15, 0.2) is 30.7 Å². The number of amides is 1. The van der Waals surface area contributed by atoms with E-state index >= 15 is 0 Å². The molecule has 4 heterocycles. The van der Waals surface area contributed by atoms with Crippen LogP contribution in [0, 0.1) is 5.41 Å². The first-order chi connectivity index (χ1) is 9.77. The molecular weight excluding hydrogens is 252 g/mol. The SMILES string of the molecule is O=C(c1cccn2ccnc12)N1CCC2(CCNC2)C1. The van der Waals surface area contributed by atoms with Crippen molar-refractivity contribution in [1.29, 1.82) is 0 Å². The Labute approximate surface area is 117 Å². The first-order valence-electron chi connectivity index (χ1n) is 7.19. The van der Waals surface area contributed by atoms with Crippen LogP contribution in [0.25, 0.3) is 5.65 Å². The Balaban J connectivity index is 1.63. The molecule has 2 aromatic heterocycles. The lowest BCUT2D eigenvalue weighted by molar-refractivity contribution is 0.0777. The Morgan fingerprint density at radius 1 is 1.35 bits per heavy atom. The number of imidazole rings is 1. The van der Waals surface area contributed by atoms with E-state index in [-0.39, 0.29) is 5.91 Å². The third-order valence-electron chi connectivity index (χ3n) is 4.71. The Morgan fingerprint density at radius 3 is 3.15 bits per heavy atom. The molecule has 1 spiro atoms. The summed E-state index contributed by atoms with van der Waals surface area (Å²) in [7, 11) is 0. The zero-order valence-corrected chi connectivity index (χ0v) is 11.4. The van der Waals surface area contributed by atoms with E-state index in [0.717, 1.165) is 38.2 Å². The molecule has 0 radical (unpaired) electrons. The molecule has 2 fully saturated rings. The summed E-state index contributed by atoms with van der Waals surface area (Å²) in [5.41, 5.74) is 1.78. The Hall–Kier alpha value is -1.88. The van der Waals surface area contributed by atoms with Crippen molar-refractivity contribution >= 4 is 11.6 Å². The lowest BCUT2D eigenvalue weighted by Crippen LogP contribution is -2.33. The molecule has 20 heavy (non-hydrogen) atoms. The zero-order chi connectivity index (χ0) is 13.6. The number of nitrogens with zero attached hydrogens (tertiary/aromatic N) is 3. The first-order valence-corrected chi connectivity index (χ1v) is 7.19. The van der Waals surface area contributed by atoms with Gasteiger partial charge in [-0.25, -0.2) is 4.98 Å². The maximum Gasteiger partial charge on any atom is 0.257 e. The molecule has 0 aromatic carbocycles. The van der Waals surface area contributed by atoms with Gasteiger partial charge in [-0.2, -0.15) is 0 Å². The number of fused-ring (bicyclic) bond motifs is 1. The molecule has 2 aromatic rings. The van der Waals surface area contributed by atoms with Crippen LogP contribution in [0.4, 0.5) is 0 Å². The van der Waals surface area contributed by atoms with Crippen molar-refractivity contribution in [2.45, 2.75) is 12.8 Å². The quantitative estimate of drug-likeness (QED) is 0.846. The van der Waals surface area contributed by atoms with Crippen LogP contribution in [-0.2, 0) is 0 Å². The Kier molecular flexibility index (Phi) is 2.57. The molecule has 2 aliphatic rings. The lowest BCUT2D eigenvalue weighted by atomic mass is 9.86. The molecule has 1 N–H and O–H groups in total. The second-order valence-electron chi connectivity index (χ2n) is 5.98. The number of pyridine rings is 1. The number of rotatable bonds is 1. The van der Waals surface area contributed by atoms with Gasteiger partial charge in [0.05, 0.1) is 5.56 Å². The molecule has 1 atom stereocenters. The minimum absolute atomic E-state index is 0.116. The highest BCUT2D eigenvalue weighted by atomic mass is 16.2. The average Bonchev–Trinajstić information content (AvgIpc) is 3.19. The Morgan fingerprint density at radius 2 is 2.30 bits per heavy atom. The number of likely N-dealkylation sites (tertiary alicyclic amines) is 1. The smallest absolute Gasteiger partial charge is 0.257 e. The Bertz CT molecular complexity index is 657. The average molecular weight is 270 g/mol. The van der Waals surface area contributed by atoms with E-state index in [1.165, 1.54) is 6.42 Å². The van der Waals surface area contributed by atoms with Crippen LogP contribution < -0.4 is 5.32 Å². The van der Waals surface area contributed by atoms with Crippen LogP contribution >= 0.6 is 0 Å². The summed E-state index contributed by atoms with van der Waals surface area (Å²) in [6, 6.07) is 3.79. The molecule has 0 bridgehead atoms. The van der Waals surface area contributed by atoms with Crippen molar-refractivity contribution in [3.8, 4) is 0 Å². The van der Waals surface area contributed by atoms with Crippen LogP contribution in [0.5, 0.6) is 0 Å². The largest absolute Gasteiger partial charge is 0.338 e. The maximum absolute atomic E-state index is 12.8. The highest BCUT2D eigenvalue weighted by molar-refractivity contribution is 5.99. The lowest BCUT2D eigenvalue weighted by Gasteiger charge is -2.22. The summed E-state index contributed by atoms with van der Waals surface area (Å²) in [6.45, 7) is 3.87. The fourth-order valence-electron chi connectivity index (χ4n) is 3.54. The predicted octanol–water partition coefficient (Wildman–Crippen LogP) is 1.16. The standard InChI is InChI=1S/C15H18N4O/c20-14(12-2-1-7-18-9-6-17-13(12)18)19-8-4-15(11-19)3-5-16-10-15/h1-2,6-7,9,16H,3-5,8,10-11H2. The molecular formula is C15H18N4O. The van der Waals surface area contributed by atoms with Gasteiger partial charge in [-0.15, -0.1) is 0 Å². The number of nitrogens with one attached hydrogen (secondary N) is 1. The van der Waals surface area contributed by atoms with Gasteiger partial charge < -0.3 is 14.6 Å². The van der Waals surface area contributed by atoms with Crippen molar-refractivity contribution in [1.82, 2.24) is 19.6 Å². The van der Waals surface area contributed by atoms with Gasteiger partial charge in [-0.3, -0.25) is 4.79 Å². The predicted molar refractivity (Wildman–Crippen MR) is 75.6 cm³/mol. The summed E-state index contributed by atoms with van der Waals surface area (Å²) < 4.78 is 1.90. The van der Waals surface area contributed by atoms with Crippen LogP contribution in [0.1, 0.15) is 23.2 Å². The number of aromatic nitrogens is 2. The summed E-state index contributed by atoms with van der Waals surface area (Å²) in [4.78, 5) is 19.1. The molecule has 0 saturated carbocycles. The summed E-state index contributed by atoms with van der Waals surface area (Å²) in [5.74, 6) is 0.116. The van der Waals surface area contributed by atoms with Gasteiger partial charge in [-0.1, -0.05) is 0 Å². The van der Waals surface area contributed by atoms with E-state index in [4.69, 9.17) is 0 Å². The number of carbonyl (C=O) groups excluding carboxylic acids is 1. The fraction of sp³-hybridized carbons (Fsp3) is 0.467. The van der Waals surface area contributed by atoms with E-state index in [1.807, 2.05) is 33.8 Å². The molecule has 104 valence electrons. The molecule has 1 unspecified atom stereocenters. The fourth-order valence-corrected chi connectivity index (χ4v) is 3.54. The molecule has 2 saturated heterocycles. The van der Waals surface area contributed by atoms with E-state index < -0.39 is 0 Å². The monoisotopic (exact) mass is 270 g/mol. The minimum Gasteiger partial charge on any atom is -0.338 e. The van der Waals surface area contributed by atoms with E-state index in [9.17, 15) is 4.79 Å². The second kappa shape index (κ2) is 4.31. The van der Waals surface area contributed by atoms with Crippen LogP contribution in [0.3, 0.4) is 0 Å². The van der Waals surface area contributed by atoms with Gasteiger partial charge in [0.25, 0.3) is 5.91 Å². The van der Waals surface area contributed by atoms with E-state index in [1.54, 1.807) is 6.20 Å². The van der Waals surface area contributed by atoms with Gasteiger partial charge >= 0.3 is 0 Å². The van der Waals surface area contributed by atoms with E-state index in [0.29, 0.717) is 11.0 Å². The van der Waals surface area contributed by atoms with Gasteiger partial charge in [0.15, 0.2) is 0 Å². The third kappa shape index (κ3) is 1.73. The third-order valence-corrected chi connectivity index (χ3v) is 4.71. The maximum atomic E-state index is 12.8. The normalized spacial score (nSPS) is 25.9. The van der Waals surface area contributed by atoms with Gasteiger partial charge in [0.2, 0.25) is 0 Å². The highest BCUT2D eigenvalue weighted by Crippen LogP contribution is 2.36. The molecule has 2 aliphatic heterocycles. The zero-order valence-electron chi connectivity index (χ0n) is 11.4. The summed E-state index contributed by atoms with van der Waals surface area (Å²) >= 11 is 0. The molecule has 5 heteroatoms. The summed E-state index contributed by atoms with van der Waals surface area (Å²) in [5, 5.41) is 3.43. The van der Waals surface area contributed by atoms with Crippen molar-refractivity contribution in [3.05, 3.63) is 36.3 Å².